The van der Waals surface area contributed by atoms with Crippen LogP contribution in [0.1, 0.15) is 25.0 Å². The molecule has 1 aromatic heterocycles. The topological polar surface area (TPSA) is 66.9 Å². The molecule has 2 rings (SSSR count). The second-order valence-corrected chi connectivity index (χ2v) is 7.54. The van der Waals surface area contributed by atoms with E-state index in [2.05, 4.69) is 20.8 Å². The van der Waals surface area contributed by atoms with E-state index in [0.717, 1.165) is 32.8 Å². The van der Waals surface area contributed by atoms with E-state index in [9.17, 15) is 4.79 Å². The van der Waals surface area contributed by atoms with Gasteiger partial charge >= 0.3 is 0 Å². The Kier molecular flexibility index (Phi) is 5.79. The van der Waals surface area contributed by atoms with E-state index in [0.29, 0.717) is 0 Å². The lowest BCUT2D eigenvalue weighted by atomic mass is 10.1. The first-order chi connectivity index (χ1) is 10.5. The van der Waals surface area contributed by atoms with Crippen LogP contribution in [0.15, 0.2) is 22.5 Å². The van der Waals surface area contributed by atoms with Gasteiger partial charge in [0, 0.05) is 12.2 Å². The summed E-state index contributed by atoms with van der Waals surface area (Å²) < 4.78 is 0.791. The SMILES string of the molecule is CCNc1nnc(S[C@H](C)C(=O)Nc2cc(C)ccc2C)s1. The minimum atomic E-state index is -0.234. The van der Waals surface area contributed by atoms with E-state index in [4.69, 9.17) is 0 Å². The highest BCUT2D eigenvalue weighted by Gasteiger charge is 2.18. The minimum absolute atomic E-state index is 0.0288. The Hall–Kier alpha value is -1.60. The molecular weight excluding hydrogens is 316 g/mol. The van der Waals surface area contributed by atoms with E-state index in [1.54, 1.807) is 0 Å². The number of anilines is 2. The molecule has 118 valence electrons. The maximum absolute atomic E-state index is 12.3. The Morgan fingerprint density at radius 1 is 1.36 bits per heavy atom. The van der Waals surface area contributed by atoms with Gasteiger partial charge in [-0.3, -0.25) is 4.79 Å². The van der Waals surface area contributed by atoms with Gasteiger partial charge in [-0.15, -0.1) is 10.2 Å². The molecule has 0 radical (unpaired) electrons. The molecule has 0 saturated heterocycles. The summed E-state index contributed by atoms with van der Waals surface area (Å²) in [7, 11) is 0. The first-order valence-corrected chi connectivity index (χ1v) is 8.81. The molecule has 1 heterocycles. The van der Waals surface area contributed by atoms with Gasteiger partial charge in [0.2, 0.25) is 11.0 Å². The molecule has 1 amide bonds. The molecule has 5 nitrogen and oxygen atoms in total. The van der Waals surface area contributed by atoms with Gasteiger partial charge in [0.25, 0.3) is 0 Å². The van der Waals surface area contributed by atoms with Crippen molar-refractivity contribution in [2.75, 3.05) is 17.2 Å². The quantitative estimate of drug-likeness (QED) is 0.787. The molecule has 0 unspecified atom stereocenters. The highest BCUT2D eigenvalue weighted by atomic mass is 32.2. The molecule has 7 heteroatoms. The van der Waals surface area contributed by atoms with Gasteiger partial charge in [0.05, 0.1) is 5.25 Å². The Labute approximate surface area is 138 Å². The number of aryl methyl sites for hydroxylation is 2. The number of aromatic nitrogens is 2. The number of rotatable bonds is 6. The van der Waals surface area contributed by atoms with Gasteiger partial charge in [0.15, 0.2) is 4.34 Å². The van der Waals surface area contributed by atoms with Crippen LogP contribution in [0.25, 0.3) is 0 Å². The first kappa shape index (κ1) is 16.8. The highest BCUT2D eigenvalue weighted by Crippen LogP contribution is 2.29. The fourth-order valence-electron chi connectivity index (χ4n) is 1.79. The normalized spacial score (nSPS) is 12.0. The molecule has 0 aliphatic heterocycles. The summed E-state index contributed by atoms with van der Waals surface area (Å²) in [6, 6.07) is 6.03. The number of benzene rings is 1. The molecule has 2 aromatic rings. The summed E-state index contributed by atoms with van der Waals surface area (Å²) in [5, 5.41) is 14.8. The minimum Gasteiger partial charge on any atom is -0.360 e. The molecule has 0 fully saturated rings. The summed E-state index contributed by atoms with van der Waals surface area (Å²) >= 11 is 2.89. The lowest BCUT2D eigenvalue weighted by molar-refractivity contribution is -0.115. The smallest absolute Gasteiger partial charge is 0.237 e. The van der Waals surface area contributed by atoms with Crippen LogP contribution in [0.4, 0.5) is 10.8 Å². The molecule has 0 saturated carbocycles. The number of carbonyl (C=O) groups is 1. The summed E-state index contributed by atoms with van der Waals surface area (Å²) in [6.07, 6.45) is 0. The molecule has 2 N–H and O–H groups in total. The lowest BCUT2D eigenvalue weighted by Crippen LogP contribution is -2.22. The van der Waals surface area contributed by atoms with Gasteiger partial charge in [-0.2, -0.15) is 0 Å². The molecular formula is C15H20N4OS2. The molecule has 0 spiro atoms. The lowest BCUT2D eigenvalue weighted by Gasteiger charge is -2.12. The second-order valence-electron chi connectivity index (χ2n) is 4.97. The molecule has 0 aliphatic rings. The second kappa shape index (κ2) is 7.60. The van der Waals surface area contributed by atoms with Gasteiger partial charge in [0.1, 0.15) is 0 Å². The average molecular weight is 336 g/mol. The number of nitrogens with one attached hydrogen (secondary N) is 2. The van der Waals surface area contributed by atoms with Crippen LogP contribution in [0.2, 0.25) is 0 Å². The summed E-state index contributed by atoms with van der Waals surface area (Å²) in [4.78, 5) is 12.3. The van der Waals surface area contributed by atoms with E-state index >= 15 is 0 Å². The van der Waals surface area contributed by atoms with Gasteiger partial charge in [-0.05, 0) is 44.9 Å². The number of nitrogens with zero attached hydrogens (tertiary/aromatic N) is 2. The van der Waals surface area contributed by atoms with Gasteiger partial charge in [-0.1, -0.05) is 35.2 Å². The number of amides is 1. The van der Waals surface area contributed by atoms with E-state index in [-0.39, 0.29) is 11.2 Å². The van der Waals surface area contributed by atoms with E-state index in [1.807, 2.05) is 45.9 Å². The third kappa shape index (κ3) is 4.45. The van der Waals surface area contributed by atoms with Crippen LogP contribution in [-0.4, -0.2) is 27.9 Å². The predicted molar refractivity (Wildman–Crippen MR) is 93.9 cm³/mol. The van der Waals surface area contributed by atoms with Gasteiger partial charge < -0.3 is 10.6 Å². The molecule has 0 aliphatic carbocycles. The van der Waals surface area contributed by atoms with Crippen molar-refractivity contribution in [3.63, 3.8) is 0 Å². The fraction of sp³-hybridized carbons (Fsp3) is 0.400. The van der Waals surface area contributed by atoms with Crippen molar-refractivity contribution in [3.05, 3.63) is 29.3 Å². The van der Waals surface area contributed by atoms with Crippen LogP contribution >= 0.6 is 23.1 Å². The maximum atomic E-state index is 12.3. The van der Waals surface area contributed by atoms with Crippen molar-refractivity contribution < 1.29 is 4.79 Å². The van der Waals surface area contributed by atoms with Crippen molar-refractivity contribution in [1.82, 2.24) is 10.2 Å². The first-order valence-electron chi connectivity index (χ1n) is 7.11. The average Bonchev–Trinajstić information content (AvgIpc) is 2.90. The zero-order valence-electron chi connectivity index (χ0n) is 13.1. The Balaban J connectivity index is 1.98. The van der Waals surface area contributed by atoms with Gasteiger partial charge in [-0.25, -0.2) is 0 Å². The summed E-state index contributed by atoms with van der Waals surface area (Å²) in [6.45, 7) is 8.69. The molecule has 1 atom stereocenters. The highest BCUT2D eigenvalue weighted by molar-refractivity contribution is 8.02. The van der Waals surface area contributed by atoms with E-state index < -0.39 is 0 Å². The Morgan fingerprint density at radius 2 is 2.14 bits per heavy atom. The Morgan fingerprint density at radius 3 is 2.86 bits per heavy atom. The van der Waals surface area contributed by atoms with Crippen molar-refractivity contribution in [3.8, 4) is 0 Å². The van der Waals surface area contributed by atoms with Crippen molar-refractivity contribution in [1.29, 1.82) is 0 Å². The van der Waals surface area contributed by atoms with Crippen LogP contribution in [0.3, 0.4) is 0 Å². The van der Waals surface area contributed by atoms with Crippen LogP contribution in [-0.2, 0) is 4.79 Å². The monoisotopic (exact) mass is 336 g/mol. The number of carbonyl (C=O) groups excluding carboxylic acids is 1. The zero-order chi connectivity index (χ0) is 16.1. The van der Waals surface area contributed by atoms with E-state index in [1.165, 1.54) is 23.1 Å². The van der Waals surface area contributed by atoms with Crippen LogP contribution in [0, 0.1) is 13.8 Å². The molecule has 1 aromatic carbocycles. The third-order valence-corrected chi connectivity index (χ3v) is 5.10. The molecule has 22 heavy (non-hydrogen) atoms. The number of hydrogen-bond acceptors (Lipinski definition) is 6. The number of hydrogen-bond donors (Lipinski definition) is 2. The van der Waals surface area contributed by atoms with Crippen molar-refractivity contribution in [2.45, 2.75) is 37.3 Å². The predicted octanol–water partition coefficient (Wildman–Crippen LogP) is 3.71. The fourth-order valence-corrected chi connectivity index (χ4v) is 3.75. The van der Waals surface area contributed by atoms with Crippen molar-refractivity contribution in [2.24, 2.45) is 0 Å². The Bertz CT molecular complexity index is 657. The summed E-state index contributed by atoms with van der Waals surface area (Å²) in [5.74, 6) is -0.0288. The number of thioether (sulfide) groups is 1. The molecule has 0 bridgehead atoms. The third-order valence-electron chi connectivity index (χ3n) is 3.03. The van der Waals surface area contributed by atoms with Crippen LogP contribution < -0.4 is 10.6 Å². The summed E-state index contributed by atoms with van der Waals surface area (Å²) in [5.41, 5.74) is 3.05. The van der Waals surface area contributed by atoms with Crippen LogP contribution in [0.5, 0.6) is 0 Å². The van der Waals surface area contributed by atoms with Crippen molar-refractivity contribution >= 4 is 39.8 Å². The largest absolute Gasteiger partial charge is 0.360 e. The maximum Gasteiger partial charge on any atom is 0.237 e. The standard InChI is InChI=1S/C15H20N4OS2/c1-5-16-14-18-19-15(22-14)21-11(4)13(20)17-12-8-9(2)6-7-10(12)3/h6-8,11H,5H2,1-4H3,(H,16,18)(H,17,20)/t11-/m1/s1. The zero-order valence-corrected chi connectivity index (χ0v) is 14.8.